The van der Waals surface area contributed by atoms with Crippen LogP contribution in [0.25, 0.3) is 33.5 Å². The molecule has 1 aromatic carbocycles. The number of aromatic nitrogens is 5. The minimum absolute atomic E-state index is 0.203. The lowest BCUT2D eigenvalue weighted by atomic mass is 9.76. The largest absolute Gasteiger partial charge is 0.339 e. The first-order chi connectivity index (χ1) is 22.1. The standard InChI is InChI=1S/C38H47N7O/c1-23-13-24(2)15-28(14-23)34-33(25(3)18-39-12-11-27-16-32-36(41-19-27)44(6)22-42-32)31-17-29(20-40-35(31)43-34)38(4,5)37(46)45-21-26-7-9-30(45)10-8-26/h13-17,19-20,22,25-26,30,39H,7-12,18,21H2,1-6H3,(H,40,43)/t25-,26?,30?/m1/s1. The summed E-state index contributed by atoms with van der Waals surface area (Å²) in [6.45, 7) is 13.3. The molecule has 3 aliphatic rings. The molecule has 0 spiro atoms. The topological polar surface area (TPSA) is 91.7 Å². The van der Waals surface area contributed by atoms with Crippen LogP contribution in [0.1, 0.15) is 80.2 Å². The number of hydrogen-bond donors (Lipinski definition) is 2. The number of pyridine rings is 2. The van der Waals surface area contributed by atoms with Crippen molar-refractivity contribution in [3.05, 3.63) is 76.9 Å². The van der Waals surface area contributed by atoms with Gasteiger partial charge < -0.3 is 19.8 Å². The number of benzene rings is 1. The highest BCUT2D eigenvalue weighted by molar-refractivity contribution is 5.93. The Morgan fingerprint density at radius 1 is 1.02 bits per heavy atom. The van der Waals surface area contributed by atoms with E-state index in [0.717, 1.165) is 72.4 Å². The molecule has 8 heteroatoms. The SMILES string of the molecule is Cc1cc(C)cc(-c2[nH]c3ncc(C(C)(C)C(=O)N4CC5CCC4CC5)cc3c2[C@H](C)CNCCc2cnc3c(c2)ncn3C)c1. The van der Waals surface area contributed by atoms with E-state index >= 15 is 0 Å². The Balaban J connectivity index is 1.17. The van der Waals surface area contributed by atoms with Gasteiger partial charge in [0, 0.05) is 44.0 Å². The molecule has 2 saturated heterocycles. The van der Waals surface area contributed by atoms with Crippen LogP contribution < -0.4 is 5.32 Å². The number of nitrogens with zero attached hydrogens (tertiary/aromatic N) is 5. The first kappa shape index (κ1) is 30.6. The number of H-pyrrole nitrogens is 1. The van der Waals surface area contributed by atoms with Gasteiger partial charge in [-0.15, -0.1) is 0 Å². The van der Waals surface area contributed by atoms with Gasteiger partial charge in [-0.2, -0.15) is 0 Å². The van der Waals surface area contributed by atoms with Gasteiger partial charge >= 0.3 is 0 Å². The van der Waals surface area contributed by atoms with Crippen LogP contribution in [-0.2, 0) is 23.7 Å². The van der Waals surface area contributed by atoms with Crippen LogP contribution in [-0.4, -0.2) is 61.0 Å². The van der Waals surface area contributed by atoms with Crippen molar-refractivity contribution in [1.82, 2.24) is 34.7 Å². The summed E-state index contributed by atoms with van der Waals surface area (Å²) in [5.74, 6) is 1.10. The van der Waals surface area contributed by atoms with Crippen LogP contribution in [0.5, 0.6) is 0 Å². The summed E-state index contributed by atoms with van der Waals surface area (Å²) in [6, 6.07) is 11.5. The van der Waals surface area contributed by atoms with Crippen molar-refractivity contribution in [2.45, 2.75) is 84.1 Å². The second-order valence-electron chi connectivity index (χ2n) is 14.6. The van der Waals surface area contributed by atoms with E-state index in [-0.39, 0.29) is 11.8 Å². The van der Waals surface area contributed by atoms with Crippen LogP contribution in [0.4, 0.5) is 0 Å². The lowest BCUT2D eigenvalue weighted by molar-refractivity contribution is -0.144. The molecule has 8 rings (SSSR count). The molecule has 46 heavy (non-hydrogen) atoms. The monoisotopic (exact) mass is 617 g/mol. The van der Waals surface area contributed by atoms with Gasteiger partial charge in [0.2, 0.25) is 5.91 Å². The summed E-state index contributed by atoms with van der Waals surface area (Å²) < 4.78 is 1.95. The number of amides is 1. The highest BCUT2D eigenvalue weighted by Crippen LogP contribution is 2.40. The zero-order valence-electron chi connectivity index (χ0n) is 28.2. The summed E-state index contributed by atoms with van der Waals surface area (Å²) in [5, 5.41) is 4.82. The molecule has 0 radical (unpaired) electrons. The van der Waals surface area contributed by atoms with Gasteiger partial charge in [-0.1, -0.05) is 24.1 Å². The second kappa shape index (κ2) is 12.0. The Hall–Kier alpha value is -4.04. The van der Waals surface area contributed by atoms with Crippen LogP contribution in [0.2, 0.25) is 0 Å². The van der Waals surface area contributed by atoms with Crippen molar-refractivity contribution in [3.63, 3.8) is 0 Å². The Labute approximate surface area is 272 Å². The molecular formula is C38H47N7O. The second-order valence-corrected chi connectivity index (χ2v) is 14.6. The minimum Gasteiger partial charge on any atom is -0.339 e. The predicted molar refractivity (Wildman–Crippen MR) is 185 cm³/mol. The Morgan fingerprint density at radius 3 is 2.50 bits per heavy atom. The molecule has 2 bridgehead atoms. The molecule has 4 aromatic heterocycles. The van der Waals surface area contributed by atoms with Crippen molar-refractivity contribution in [2.24, 2.45) is 13.0 Å². The highest BCUT2D eigenvalue weighted by Gasteiger charge is 2.42. The van der Waals surface area contributed by atoms with E-state index in [1.165, 1.54) is 40.7 Å². The molecular weight excluding hydrogens is 570 g/mol. The lowest BCUT2D eigenvalue weighted by Crippen LogP contribution is -2.55. The molecule has 6 heterocycles. The third-order valence-corrected chi connectivity index (χ3v) is 10.6. The molecule has 2 aliphatic heterocycles. The van der Waals surface area contributed by atoms with Crippen LogP contribution >= 0.6 is 0 Å². The van der Waals surface area contributed by atoms with E-state index in [9.17, 15) is 4.79 Å². The number of imidazole rings is 1. The maximum Gasteiger partial charge on any atom is 0.232 e. The highest BCUT2D eigenvalue weighted by atomic mass is 16.2. The molecule has 0 unspecified atom stereocenters. The summed E-state index contributed by atoms with van der Waals surface area (Å²) in [4.78, 5) is 34.0. The Morgan fingerprint density at radius 2 is 1.78 bits per heavy atom. The average molecular weight is 618 g/mol. The molecule has 3 fully saturated rings. The molecule has 2 N–H and O–H groups in total. The fourth-order valence-corrected chi connectivity index (χ4v) is 7.94. The zero-order valence-corrected chi connectivity index (χ0v) is 28.2. The van der Waals surface area contributed by atoms with Gasteiger partial charge in [0.1, 0.15) is 11.2 Å². The summed E-state index contributed by atoms with van der Waals surface area (Å²) >= 11 is 0. The predicted octanol–water partition coefficient (Wildman–Crippen LogP) is 6.74. The van der Waals surface area contributed by atoms with Crippen molar-refractivity contribution in [2.75, 3.05) is 19.6 Å². The molecule has 8 nitrogen and oxygen atoms in total. The smallest absolute Gasteiger partial charge is 0.232 e. The van der Waals surface area contributed by atoms with Gasteiger partial charge in [0.15, 0.2) is 5.65 Å². The molecule has 1 aliphatic carbocycles. The van der Waals surface area contributed by atoms with E-state index in [0.29, 0.717) is 12.0 Å². The average Bonchev–Trinajstić information content (AvgIpc) is 3.62. The molecule has 1 amide bonds. The van der Waals surface area contributed by atoms with Gasteiger partial charge in [-0.05, 0) is 125 Å². The number of aromatic amines is 1. The van der Waals surface area contributed by atoms with Crippen molar-refractivity contribution in [1.29, 1.82) is 0 Å². The summed E-state index contributed by atoms with van der Waals surface area (Å²) in [5.41, 5.74) is 10.2. The van der Waals surface area contributed by atoms with Crippen molar-refractivity contribution in [3.8, 4) is 11.3 Å². The van der Waals surface area contributed by atoms with E-state index in [2.05, 4.69) is 90.1 Å². The fourth-order valence-electron chi connectivity index (χ4n) is 7.94. The molecule has 1 saturated carbocycles. The normalized spacial score (nSPS) is 19.0. The van der Waals surface area contributed by atoms with E-state index < -0.39 is 5.41 Å². The first-order valence-electron chi connectivity index (χ1n) is 17.0. The molecule has 240 valence electrons. The van der Waals surface area contributed by atoms with E-state index in [1.54, 1.807) is 0 Å². The van der Waals surface area contributed by atoms with Crippen molar-refractivity contribution >= 4 is 28.1 Å². The number of carbonyl (C=O) groups is 1. The molecule has 5 aromatic rings. The summed E-state index contributed by atoms with van der Waals surface area (Å²) in [7, 11) is 1.97. The van der Waals surface area contributed by atoms with E-state index in [4.69, 9.17) is 4.98 Å². The van der Waals surface area contributed by atoms with Crippen LogP contribution in [0.15, 0.2) is 49.1 Å². The number of hydrogen-bond acceptors (Lipinski definition) is 5. The van der Waals surface area contributed by atoms with Crippen molar-refractivity contribution < 1.29 is 4.79 Å². The summed E-state index contributed by atoms with van der Waals surface area (Å²) in [6.07, 6.45) is 11.4. The maximum atomic E-state index is 14.1. The number of aryl methyl sites for hydroxylation is 3. The third-order valence-electron chi connectivity index (χ3n) is 10.6. The van der Waals surface area contributed by atoms with Crippen LogP contribution in [0, 0.1) is 19.8 Å². The van der Waals surface area contributed by atoms with E-state index in [1.807, 2.05) is 30.3 Å². The van der Waals surface area contributed by atoms with Crippen LogP contribution in [0.3, 0.4) is 0 Å². The first-order valence-corrected chi connectivity index (χ1v) is 17.0. The van der Waals surface area contributed by atoms with Gasteiger partial charge in [0.05, 0.1) is 17.4 Å². The van der Waals surface area contributed by atoms with Gasteiger partial charge in [-0.3, -0.25) is 4.79 Å². The number of rotatable bonds is 9. The quantitative estimate of drug-likeness (QED) is 0.179. The Bertz CT molecular complexity index is 1890. The number of carbonyl (C=O) groups excluding carboxylic acids is 1. The number of fused-ring (bicyclic) bond motifs is 5. The number of piperidine rings is 2. The van der Waals surface area contributed by atoms with Gasteiger partial charge in [0.25, 0.3) is 0 Å². The lowest BCUT2D eigenvalue weighted by Gasteiger charge is -2.47. The Kier molecular flexibility index (Phi) is 7.96. The third kappa shape index (κ3) is 5.61. The maximum absolute atomic E-state index is 14.1. The molecule has 1 atom stereocenters. The van der Waals surface area contributed by atoms with Gasteiger partial charge in [-0.25, -0.2) is 15.0 Å². The minimum atomic E-state index is -0.655. The zero-order chi connectivity index (χ0) is 32.2. The fraction of sp³-hybridized carbons (Fsp3) is 0.474. The number of nitrogens with one attached hydrogen (secondary N) is 2.